The molecule has 1 atom stereocenters. The molecule has 4 heteroatoms. The monoisotopic (exact) mass is 264 g/mol. The molecular weight excluding hydrogens is 244 g/mol. The lowest BCUT2D eigenvalue weighted by atomic mass is 10.1. The van der Waals surface area contributed by atoms with E-state index in [1.165, 1.54) is 0 Å². The minimum Gasteiger partial charge on any atom is -0.462 e. The van der Waals surface area contributed by atoms with Crippen LogP contribution in [0.2, 0.25) is 0 Å². The number of hydrogen-bond acceptors (Lipinski definition) is 4. The predicted octanol–water partition coefficient (Wildman–Crippen LogP) is 3.21. The molecule has 1 unspecified atom stereocenters. The molecule has 0 saturated heterocycles. The largest absolute Gasteiger partial charge is 0.462 e. The number of carbonyl (C=O) groups excluding carboxylic acids is 2. The third-order valence-corrected chi connectivity index (χ3v) is 2.69. The highest BCUT2D eigenvalue weighted by molar-refractivity contribution is 6.03. The quantitative estimate of drug-likeness (QED) is 0.740. The summed E-state index contributed by atoms with van der Waals surface area (Å²) in [5.41, 5.74) is 0.508. The van der Waals surface area contributed by atoms with E-state index in [0.717, 1.165) is 12.8 Å². The van der Waals surface area contributed by atoms with E-state index in [4.69, 9.17) is 9.47 Å². The molecule has 0 heterocycles. The molecule has 1 aromatic carbocycles. The number of carbonyl (C=O) groups is 2. The van der Waals surface area contributed by atoms with Crippen molar-refractivity contribution in [2.45, 2.75) is 39.7 Å². The summed E-state index contributed by atoms with van der Waals surface area (Å²) in [5, 5.41) is 0. The Morgan fingerprint density at radius 1 is 1.11 bits per heavy atom. The van der Waals surface area contributed by atoms with Crippen LogP contribution >= 0.6 is 0 Å². The highest BCUT2D eigenvalue weighted by atomic mass is 16.5. The summed E-state index contributed by atoms with van der Waals surface area (Å²) in [7, 11) is 0. The Hall–Kier alpha value is -1.84. The maximum atomic E-state index is 12.0. The van der Waals surface area contributed by atoms with Crippen molar-refractivity contribution < 1.29 is 19.1 Å². The van der Waals surface area contributed by atoms with E-state index >= 15 is 0 Å². The van der Waals surface area contributed by atoms with E-state index in [0.29, 0.717) is 6.61 Å². The molecule has 4 nitrogen and oxygen atoms in total. The van der Waals surface area contributed by atoms with Crippen LogP contribution in [-0.4, -0.2) is 24.6 Å². The van der Waals surface area contributed by atoms with Gasteiger partial charge in [0, 0.05) is 0 Å². The molecule has 1 rings (SSSR count). The zero-order chi connectivity index (χ0) is 14.3. The highest BCUT2D eigenvalue weighted by Crippen LogP contribution is 2.13. The molecule has 0 aromatic heterocycles. The van der Waals surface area contributed by atoms with Crippen molar-refractivity contribution in [2.75, 3.05) is 6.61 Å². The first-order chi connectivity index (χ1) is 9.10. The standard InChI is InChI=1S/C15H20O4/c1-4-10-18-14(16)12-8-6-7-9-13(12)15(17)19-11(3)5-2/h6-9,11H,4-5,10H2,1-3H3. The molecule has 0 spiro atoms. The van der Waals surface area contributed by atoms with Crippen LogP contribution in [0.4, 0.5) is 0 Å². The normalized spacial score (nSPS) is 11.7. The van der Waals surface area contributed by atoms with E-state index in [1.54, 1.807) is 24.3 Å². The Balaban J connectivity index is 2.89. The van der Waals surface area contributed by atoms with E-state index in [-0.39, 0.29) is 17.2 Å². The number of hydrogen-bond donors (Lipinski definition) is 0. The average molecular weight is 264 g/mol. The van der Waals surface area contributed by atoms with Gasteiger partial charge in [-0.15, -0.1) is 0 Å². The second-order valence-corrected chi connectivity index (χ2v) is 4.31. The molecule has 1 aromatic rings. The second kappa shape index (κ2) is 7.56. The van der Waals surface area contributed by atoms with Gasteiger partial charge in [0.25, 0.3) is 0 Å². The Bertz CT molecular complexity index is 440. The maximum Gasteiger partial charge on any atom is 0.339 e. The van der Waals surface area contributed by atoms with Crippen molar-refractivity contribution in [1.82, 2.24) is 0 Å². The number of benzene rings is 1. The predicted molar refractivity (Wildman–Crippen MR) is 72.2 cm³/mol. The maximum absolute atomic E-state index is 12.0. The van der Waals surface area contributed by atoms with Crippen molar-refractivity contribution in [3.8, 4) is 0 Å². The van der Waals surface area contributed by atoms with Crippen molar-refractivity contribution in [2.24, 2.45) is 0 Å². The van der Waals surface area contributed by atoms with Crippen molar-refractivity contribution in [3.63, 3.8) is 0 Å². The zero-order valence-corrected chi connectivity index (χ0v) is 11.6. The van der Waals surface area contributed by atoms with Crippen molar-refractivity contribution in [1.29, 1.82) is 0 Å². The molecule has 0 radical (unpaired) electrons. The summed E-state index contributed by atoms with van der Waals surface area (Å²) in [6.45, 7) is 6.00. The Morgan fingerprint density at radius 3 is 2.21 bits per heavy atom. The fraction of sp³-hybridized carbons (Fsp3) is 0.467. The lowest BCUT2D eigenvalue weighted by Gasteiger charge is -2.13. The SMILES string of the molecule is CCCOC(=O)c1ccccc1C(=O)OC(C)CC. The first kappa shape index (κ1) is 15.2. The van der Waals surface area contributed by atoms with Crippen LogP contribution in [0.3, 0.4) is 0 Å². The van der Waals surface area contributed by atoms with Crippen LogP contribution < -0.4 is 0 Å². The average Bonchev–Trinajstić information content (AvgIpc) is 2.44. The number of ether oxygens (including phenoxy) is 2. The fourth-order valence-electron chi connectivity index (χ4n) is 1.44. The van der Waals surface area contributed by atoms with Gasteiger partial charge in [0.2, 0.25) is 0 Å². The first-order valence-electron chi connectivity index (χ1n) is 6.57. The Labute approximate surface area is 113 Å². The van der Waals surface area contributed by atoms with Crippen LogP contribution in [0, 0.1) is 0 Å². The molecule has 0 amide bonds. The first-order valence-corrected chi connectivity index (χ1v) is 6.57. The Kier molecular flexibility index (Phi) is 6.06. The van der Waals surface area contributed by atoms with Crippen LogP contribution in [-0.2, 0) is 9.47 Å². The molecule has 0 N–H and O–H groups in total. The third-order valence-electron chi connectivity index (χ3n) is 2.69. The van der Waals surface area contributed by atoms with Crippen LogP contribution in [0.15, 0.2) is 24.3 Å². The molecule has 0 aliphatic rings. The summed E-state index contributed by atoms with van der Waals surface area (Å²) >= 11 is 0. The van der Waals surface area contributed by atoms with Crippen LogP contribution in [0.25, 0.3) is 0 Å². The van der Waals surface area contributed by atoms with E-state index in [2.05, 4.69) is 0 Å². The number of rotatable bonds is 6. The van der Waals surface area contributed by atoms with Gasteiger partial charge in [0.1, 0.15) is 0 Å². The van der Waals surface area contributed by atoms with Gasteiger partial charge in [-0.3, -0.25) is 0 Å². The van der Waals surface area contributed by atoms with E-state index in [9.17, 15) is 9.59 Å². The molecule has 104 valence electrons. The van der Waals surface area contributed by atoms with Gasteiger partial charge in [0.15, 0.2) is 0 Å². The van der Waals surface area contributed by atoms with Gasteiger partial charge >= 0.3 is 11.9 Å². The van der Waals surface area contributed by atoms with Crippen molar-refractivity contribution >= 4 is 11.9 Å². The summed E-state index contributed by atoms with van der Waals surface area (Å²) < 4.78 is 10.3. The van der Waals surface area contributed by atoms with Gasteiger partial charge in [-0.05, 0) is 31.9 Å². The van der Waals surface area contributed by atoms with Crippen LogP contribution in [0.5, 0.6) is 0 Å². The van der Waals surface area contributed by atoms with Gasteiger partial charge < -0.3 is 9.47 Å². The van der Waals surface area contributed by atoms with E-state index in [1.807, 2.05) is 20.8 Å². The second-order valence-electron chi connectivity index (χ2n) is 4.31. The molecular formula is C15H20O4. The molecule has 0 aliphatic heterocycles. The third kappa shape index (κ3) is 4.39. The molecule has 0 saturated carbocycles. The van der Waals surface area contributed by atoms with Gasteiger partial charge in [0.05, 0.1) is 23.8 Å². The van der Waals surface area contributed by atoms with Gasteiger partial charge in [-0.2, -0.15) is 0 Å². The fourth-order valence-corrected chi connectivity index (χ4v) is 1.44. The summed E-state index contributed by atoms with van der Waals surface area (Å²) in [6.07, 6.45) is 1.30. The summed E-state index contributed by atoms with van der Waals surface area (Å²) in [5.74, 6) is -0.975. The van der Waals surface area contributed by atoms with Crippen molar-refractivity contribution in [3.05, 3.63) is 35.4 Å². The van der Waals surface area contributed by atoms with Crippen LogP contribution in [0.1, 0.15) is 54.3 Å². The number of esters is 2. The Morgan fingerprint density at radius 2 is 1.68 bits per heavy atom. The van der Waals surface area contributed by atoms with Gasteiger partial charge in [-0.1, -0.05) is 26.0 Å². The topological polar surface area (TPSA) is 52.6 Å². The zero-order valence-electron chi connectivity index (χ0n) is 11.6. The molecule has 0 aliphatic carbocycles. The lowest BCUT2D eigenvalue weighted by molar-refractivity contribution is 0.0322. The van der Waals surface area contributed by atoms with Gasteiger partial charge in [-0.25, -0.2) is 9.59 Å². The minimum atomic E-state index is -0.488. The molecule has 0 bridgehead atoms. The smallest absolute Gasteiger partial charge is 0.339 e. The molecule has 19 heavy (non-hydrogen) atoms. The summed E-state index contributed by atoms with van der Waals surface area (Å²) in [6, 6.07) is 6.55. The summed E-state index contributed by atoms with van der Waals surface area (Å²) in [4.78, 5) is 23.8. The van der Waals surface area contributed by atoms with E-state index < -0.39 is 11.9 Å². The lowest BCUT2D eigenvalue weighted by Crippen LogP contribution is -2.18. The highest BCUT2D eigenvalue weighted by Gasteiger charge is 2.19. The minimum absolute atomic E-state index is 0.174. The molecule has 0 fully saturated rings.